The van der Waals surface area contributed by atoms with Gasteiger partial charge in [-0.2, -0.15) is 0 Å². The van der Waals surface area contributed by atoms with Crippen molar-refractivity contribution in [3.8, 4) is 0 Å². The van der Waals surface area contributed by atoms with Crippen LogP contribution >= 0.6 is 23.2 Å². The van der Waals surface area contributed by atoms with E-state index in [2.05, 4.69) is 17.1 Å². The first kappa shape index (κ1) is 13.2. The smallest absolute Gasteiger partial charge is 0.0709 e. The van der Waals surface area contributed by atoms with Crippen molar-refractivity contribution < 1.29 is 0 Å². The van der Waals surface area contributed by atoms with Gasteiger partial charge in [-0.05, 0) is 35.9 Å². The first-order valence-corrected chi connectivity index (χ1v) is 6.97. The van der Waals surface area contributed by atoms with Gasteiger partial charge in [-0.1, -0.05) is 59.6 Å². The second-order valence-electron chi connectivity index (χ2n) is 4.44. The summed E-state index contributed by atoms with van der Waals surface area (Å²) in [6.07, 6.45) is 3.94. The van der Waals surface area contributed by atoms with Crippen molar-refractivity contribution in [1.29, 1.82) is 0 Å². The van der Waals surface area contributed by atoms with Gasteiger partial charge in [-0.25, -0.2) is 4.98 Å². The lowest BCUT2D eigenvalue weighted by atomic mass is 10.1. The minimum Gasteiger partial charge on any atom is -0.248 e. The molecule has 1 nitrogen and oxygen atoms in total. The SMILES string of the molecule is Clc1ccc(/C=C/c2ccc3ccccc3n2)cc1Cl. The molecule has 0 aliphatic carbocycles. The maximum absolute atomic E-state index is 5.99. The molecule has 0 aliphatic rings. The highest BCUT2D eigenvalue weighted by molar-refractivity contribution is 6.42. The lowest BCUT2D eigenvalue weighted by Crippen LogP contribution is -1.82. The van der Waals surface area contributed by atoms with E-state index in [4.69, 9.17) is 23.2 Å². The fraction of sp³-hybridized carbons (Fsp3) is 0. The maximum atomic E-state index is 5.99. The Kier molecular flexibility index (Phi) is 3.72. The van der Waals surface area contributed by atoms with Crippen molar-refractivity contribution in [3.63, 3.8) is 0 Å². The molecule has 0 saturated heterocycles. The number of fused-ring (bicyclic) bond motifs is 1. The van der Waals surface area contributed by atoms with Crippen molar-refractivity contribution in [3.05, 3.63) is 75.9 Å². The minimum atomic E-state index is 0.556. The summed E-state index contributed by atoms with van der Waals surface area (Å²) in [5, 5.41) is 2.26. The molecule has 0 spiro atoms. The van der Waals surface area contributed by atoms with E-state index < -0.39 is 0 Å². The van der Waals surface area contributed by atoms with Crippen molar-refractivity contribution in [1.82, 2.24) is 4.98 Å². The summed E-state index contributed by atoms with van der Waals surface area (Å²) < 4.78 is 0. The average Bonchev–Trinajstić information content (AvgIpc) is 2.48. The van der Waals surface area contributed by atoms with Gasteiger partial charge in [-0.3, -0.25) is 0 Å². The lowest BCUT2D eigenvalue weighted by molar-refractivity contribution is 1.37. The molecule has 98 valence electrons. The predicted octanol–water partition coefficient (Wildman–Crippen LogP) is 5.71. The summed E-state index contributed by atoms with van der Waals surface area (Å²) in [7, 11) is 0. The quantitative estimate of drug-likeness (QED) is 0.590. The molecule has 2 aromatic carbocycles. The van der Waals surface area contributed by atoms with Crippen molar-refractivity contribution >= 4 is 46.3 Å². The molecule has 1 aromatic heterocycles. The number of hydrogen-bond donors (Lipinski definition) is 0. The second kappa shape index (κ2) is 5.66. The van der Waals surface area contributed by atoms with Crippen LogP contribution in [0.3, 0.4) is 0 Å². The Morgan fingerprint density at radius 2 is 1.65 bits per heavy atom. The van der Waals surface area contributed by atoms with Crippen LogP contribution in [0.25, 0.3) is 23.1 Å². The summed E-state index contributed by atoms with van der Waals surface area (Å²) in [6, 6.07) is 17.7. The van der Waals surface area contributed by atoms with E-state index in [1.54, 1.807) is 6.07 Å². The molecule has 3 heteroatoms. The van der Waals surface area contributed by atoms with Gasteiger partial charge in [0.05, 0.1) is 21.3 Å². The van der Waals surface area contributed by atoms with Crippen LogP contribution in [0.4, 0.5) is 0 Å². The summed E-state index contributed by atoms with van der Waals surface area (Å²) in [4.78, 5) is 4.58. The van der Waals surface area contributed by atoms with E-state index in [0.717, 1.165) is 22.2 Å². The van der Waals surface area contributed by atoms with Crippen LogP contribution in [0.15, 0.2) is 54.6 Å². The Bertz CT molecular complexity index is 794. The monoisotopic (exact) mass is 299 g/mol. The zero-order chi connectivity index (χ0) is 13.9. The van der Waals surface area contributed by atoms with Crippen LogP contribution in [0.5, 0.6) is 0 Å². The van der Waals surface area contributed by atoms with E-state index in [-0.39, 0.29) is 0 Å². The highest BCUT2D eigenvalue weighted by Gasteiger charge is 1.98. The third-order valence-corrected chi connectivity index (χ3v) is 3.75. The van der Waals surface area contributed by atoms with Crippen LogP contribution in [-0.2, 0) is 0 Å². The van der Waals surface area contributed by atoms with Crippen LogP contribution in [0, 0.1) is 0 Å². The molecule has 0 atom stereocenters. The molecule has 0 saturated carbocycles. The van der Waals surface area contributed by atoms with E-state index in [9.17, 15) is 0 Å². The molecular weight excluding hydrogens is 289 g/mol. The Morgan fingerprint density at radius 3 is 2.50 bits per heavy atom. The van der Waals surface area contributed by atoms with Crippen molar-refractivity contribution in [2.75, 3.05) is 0 Å². The topological polar surface area (TPSA) is 12.9 Å². The normalized spacial score (nSPS) is 11.3. The van der Waals surface area contributed by atoms with Gasteiger partial charge in [0, 0.05) is 5.39 Å². The first-order valence-electron chi connectivity index (χ1n) is 6.21. The third kappa shape index (κ3) is 2.84. The van der Waals surface area contributed by atoms with Gasteiger partial charge in [0.25, 0.3) is 0 Å². The number of halogens is 2. The largest absolute Gasteiger partial charge is 0.248 e. The van der Waals surface area contributed by atoms with Gasteiger partial charge in [0.1, 0.15) is 0 Å². The van der Waals surface area contributed by atoms with E-state index in [0.29, 0.717) is 10.0 Å². The Hall–Kier alpha value is -1.83. The molecular formula is C17H11Cl2N. The van der Waals surface area contributed by atoms with E-state index in [1.807, 2.05) is 48.6 Å². The zero-order valence-electron chi connectivity index (χ0n) is 10.6. The second-order valence-corrected chi connectivity index (χ2v) is 5.25. The Balaban J connectivity index is 1.91. The minimum absolute atomic E-state index is 0.556. The molecule has 3 rings (SSSR count). The van der Waals surface area contributed by atoms with Crippen LogP contribution in [0.1, 0.15) is 11.3 Å². The summed E-state index contributed by atoms with van der Waals surface area (Å²) >= 11 is 11.9. The van der Waals surface area contributed by atoms with Gasteiger partial charge < -0.3 is 0 Å². The van der Waals surface area contributed by atoms with Crippen LogP contribution in [-0.4, -0.2) is 4.98 Å². The maximum Gasteiger partial charge on any atom is 0.0709 e. The highest BCUT2D eigenvalue weighted by Crippen LogP contribution is 2.23. The summed E-state index contributed by atoms with van der Waals surface area (Å²) in [5.41, 5.74) is 2.90. The Morgan fingerprint density at radius 1 is 0.800 bits per heavy atom. The summed E-state index contributed by atoms with van der Waals surface area (Å²) in [5.74, 6) is 0. The number of rotatable bonds is 2. The molecule has 0 fully saturated rings. The number of benzene rings is 2. The molecule has 0 radical (unpaired) electrons. The predicted molar refractivity (Wildman–Crippen MR) is 87.1 cm³/mol. The molecule has 0 amide bonds. The molecule has 0 bridgehead atoms. The van der Waals surface area contributed by atoms with Crippen LogP contribution in [0.2, 0.25) is 10.0 Å². The molecule has 0 N–H and O–H groups in total. The van der Waals surface area contributed by atoms with Crippen LogP contribution < -0.4 is 0 Å². The third-order valence-electron chi connectivity index (χ3n) is 3.01. The molecule has 1 heterocycles. The van der Waals surface area contributed by atoms with Crippen molar-refractivity contribution in [2.45, 2.75) is 0 Å². The lowest BCUT2D eigenvalue weighted by Gasteiger charge is -1.99. The average molecular weight is 300 g/mol. The van der Waals surface area contributed by atoms with Gasteiger partial charge in [0.2, 0.25) is 0 Å². The molecule has 20 heavy (non-hydrogen) atoms. The number of nitrogens with zero attached hydrogens (tertiary/aromatic N) is 1. The van der Waals surface area contributed by atoms with E-state index >= 15 is 0 Å². The Labute approximate surface area is 127 Å². The molecule has 3 aromatic rings. The number of pyridine rings is 1. The van der Waals surface area contributed by atoms with E-state index in [1.165, 1.54) is 0 Å². The summed E-state index contributed by atoms with van der Waals surface area (Å²) in [6.45, 7) is 0. The standard InChI is InChI=1S/C17H11Cl2N/c18-15-10-6-12(11-16(15)19)5-8-14-9-7-13-3-1-2-4-17(13)20-14/h1-11H/b8-5+. The number of hydrogen-bond acceptors (Lipinski definition) is 1. The molecule has 0 aliphatic heterocycles. The highest BCUT2D eigenvalue weighted by atomic mass is 35.5. The van der Waals surface area contributed by atoms with Gasteiger partial charge >= 0.3 is 0 Å². The van der Waals surface area contributed by atoms with Gasteiger partial charge in [0.15, 0.2) is 0 Å². The zero-order valence-corrected chi connectivity index (χ0v) is 12.1. The number of para-hydroxylation sites is 1. The van der Waals surface area contributed by atoms with Gasteiger partial charge in [-0.15, -0.1) is 0 Å². The van der Waals surface area contributed by atoms with Crippen molar-refractivity contribution in [2.24, 2.45) is 0 Å². The molecule has 0 unspecified atom stereocenters. The number of aromatic nitrogens is 1. The fourth-order valence-corrected chi connectivity index (χ4v) is 2.28. The first-order chi connectivity index (χ1) is 9.72. The fourth-order valence-electron chi connectivity index (χ4n) is 1.97.